The minimum Gasteiger partial charge on any atom is -0.320 e. The van der Waals surface area contributed by atoms with Crippen molar-refractivity contribution in [2.45, 2.75) is 45.4 Å². The van der Waals surface area contributed by atoms with Crippen LogP contribution in [0.4, 0.5) is 0 Å². The van der Waals surface area contributed by atoms with Crippen LogP contribution in [-0.2, 0) is 14.8 Å². The molecule has 0 aromatic carbocycles. The number of rotatable bonds is 5. The Morgan fingerprint density at radius 1 is 1.27 bits per heavy atom. The molecule has 3 N–H and O–H groups in total. The van der Waals surface area contributed by atoms with Crippen LogP contribution in [0.1, 0.15) is 34.1 Å². The first-order valence-corrected chi connectivity index (χ1v) is 6.52. The fraction of sp³-hybridized carbons (Fsp3) is 0.889. The summed E-state index contributed by atoms with van der Waals surface area (Å²) in [7, 11) is -3.56. The first-order valence-electron chi connectivity index (χ1n) is 4.98. The van der Waals surface area contributed by atoms with E-state index in [9.17, 15) is 13.2 Å². The lowest BCUT2D eigenvalue weighted by Gasteiger charge is -2.15. The molecule has 0 saturated heterocycles. The monoisotopic (exact) mass is 236 g/mol. The van der Waals surface area contributed by atoms with Gasteiger partial charge in [-0.2, -0.15) is 0 Å². The summed E-state index contributed by atoms with van der Waals surface area (Å²) in [5.74, 6) is -0.370. The Morgan fingerprint density at radius 3 is 2.07 bits per heavy atom. The van der Waals surface area contributed by atoms with Gasteiger partial charge in [-0.25, -0.2) is 8.42 Å². The molecule has 0 aliphatic rings. The second-order valence-corrected chi connectivity index (χ2v) is 6.53. The van der Waals surface area contributed by atoms with Crippen LogP contribution < -0.4 is 10.5 Å². The molecule has 1 unspecified atom stereocenters. The van der Waals surface area contributed by atoms with Crippen LogP contribution in [0.3, 0.4) is 0 Å². The highest BCUT2D eigenvalue weighted by Crippen LogP contribution is 2.04. The van der Waals surface area contributed by atoms with Crippen molar-refractivity contribution < 1.29 is 13.2 Å². The molecule has 6 heteroatoms. The van der Waals surface area contributed by atoms with Crippen molar-refractivity contribution in [3.8, 4) is 0 Å². The van der Waals surface area contributed by atoms with Gasteiger partial charge in [-0.05, 0) is 26.2 Å². The van der Waals surface area contributed by atoms with Crippen LogP contribution >= 0.6 is 0 Å². The average Bonchev–Trinajstić information content (AvgIpc) is 2.01. The van der Waals surface area contributed by atoms with E-state index in [-0.39, 0.29) is 5.92 Å². The normalized spacial score (nSPS) is 14.3. The van der Waals surface area contributed by atoms with Crippen molar-refractivity contribution in [3.63, 3.8) is 0 Å². The summed E-state index contributed by atoms with van der Waals surface area (Å²) < 4.78 is 24.7. The van der Waals surface area contributed by atoms with Gasteiger partial charge in [0.2, 0.25) is 15.9 Å². The molecule has 90 valence electrons. The molecule has 0 radical (unpaired) electrons. The molecule has 1 atom stereocenters. The Balaban J connectivity index is 4.38. The van der Waals surface area contributed by atoms with Crippen molar-refractivity contribution >= 4 is 15.9 Å². The van der Waals surface area contributed by atoms with Crippen LogP contribution in [0, 0.1) is 5.92 Å². The molecule has 15 heavy (non-hydrogen) atoms. The van der Waals surface area contributed by atoms with E-state index in [0.29, 0.717) is 6.42 Å². The maximum Gasteiger partial charge on any atom is 0.250 e. The van der Waals surface area contributed by atoms with Gasteiger partial charge in [0.15, 0.2) is 0 Å². The molecule has 0 bridgehead atoms. The average molecular weight is 236 g/mol. The second kappa shape index (κ2) is 5.46. The largest absolute Gasteiger partial charge is 0.320 e. The zero-order valence-corrected chi connectivity index (χ0v) is 10.5. The van der Waals surface area contributed by atoms with Crippen LogP contribution in [0.15, 0.2) is 0 Å². The number of hydrogen-bond donors (Lipinski definition) is 2. The number of carbonyl (C=O) groups is 1. The summed E-state index contributed by atoms with van der Waals surface area (Å²) in [6, 6.07) is -0.765. The number of nitrogens with two attached hydrogens (primary N) is 1. The molecule has 0 spiro atoms. The van der Waals surface area contributed by atoms with E-state index >= 15 is 0 Å². The van der Waals surface area contributed by atoms with Crippen molar-refractivity contribution in [1.29, 1.82) is 0 Å². The molecule has 1 amide bonds. The lowest BCUT2D eigenvalue weighted by atomic mass is 10.0. The van der Waals surface area contributed by atoms with E-state index in [4.69, 9.17) is 5.73 Å². The zero-order chi connectivity index (χ0) is 12.2. The van der Waals surface area contributed by atoms with Gasteiger partial charge >= 0.3 is 0 Å². The van der Waals surface area contributed by atoms with E-state index in [2.05, 4.69) is 0 Å². The quantitative estimate of drug-likeness (QED) is 0.714. The summed E-state index contributed by atoms with van der Waals surface area (Å²) in [4.78, 5) is 11.4. The number of amides is 1. The van der Waals surface area contributed by atoms with Gasteiger partial charge in [0, 0.05) is 0 Å². The predicted octanol–water partition coefficient (Wildman–Crippen LogP) is 0.214. The lowest BCUT2D eigenvalue weighted by Crippen LogP contribution is -2.46. The van der Waals surface area contributed by atoms with E-state index in [0.717, 1.165) is 0 Å². The SMILES string of the molecule is CC(C)CC(N)C(=O)NS(=O)(=O)C(C)C. The molecule has 0 fully saturated rings. The molecule has 0 heterocycles. The highest BCUT2D eigenvalue weighted by Gasteiger charge is 2.23. The highest BCUT2D eigenvalue weighted by molar-refractivity contribution is 7.90. The lowest BCUT2D eigenvalue weighted by molar-refractivity contribution is -0.120. The van der Waals surface area contributed by atoms with Crippen LogP contribution in [0.2, 0.25) is 0 Å². The van der Waals surface area contributed by atoms with Gasteiger partial charge < -0.3 is 5.73 Å². The number of nitrogens with one attached hydrogen (secondary N) is 1. The van der Waals surface area contributed by atoms with Gasteiger partial charge in [0.25, 0.3) is 0 Å². The van der Waals surface area contributed by atoms with Crippen molar-refractivity contribution in [3.05, 3.63) is 0 Å². The fourth-order valence-electron chi connectivity index (χ4n) is 0.949. The Bertz CT molecular complexity index is 309. The molecule has 0 aliphatic carbocycles. The van der Waals surface area contributed by atoms with Gasteiger partial charge in [0.05, 0.1) is 11.3 Å². The predicted molar refractivity (Wildman–Crippen MR) is 59.6 cm³/mol. The minimum atomic E-state index is -3.56. The summed E-state index contributed by atoms with van der Waals surface area (Å²) in [6.07, 6.45) is 0.472. The Kier molecular flexibility index (Phi) is 5.23. The van der Waals surface area contributed by atoms with Gasteiger partial charge in [-0.3, -0.25) is 9.52 Å². The standard InChI is InChI=1S/C9H20N2O3S/c1-6(2)5-8(10)9(12)11-15(13,14)7(3)4/h6-8H,5,10H2,1-4H3,(H,11,12). The third-order valence-corrected chi connectivity index (χ3v) is 3.65. The number of carbonyl (C=O) groups excluding carboxylic acids is 1. The van der Waals surface area contributed by atoms with Gasteiger partial charge in [0.1, 0.15) is 0 Å². The number of hydrogen-bond acceptors (Lipinski definition) is 4. The Morgan fingerprint density at radius 2 is 1.73 bits per heavy atom. The smallest absolute Gasteiger partial charge is 0.250 e. The molecule has 0 rings (SSSR count). The van der Waals surface area contributed by atoms with Crippen molar-refractivity contribution in [1.82, 2.24) is 4.72 Å². The minimum absolute atomic E-state index is 0.257. The molecule has 0 saturated carbocycles. The van der Waals surface area contributed by atoms with Gasteiger partial charge in [-0.15, -0.1) is 0 Å². The zero-order valence-electron chi connectivity index (χ0n) is 9.65. The third kappa shape index (κ3) is 5.13. The Hall–Kier alpha value is -0.620. The van der Waals surface area contributed by atoms with E-state index in [1.807, 2.05) is 18.6 Å². The van der Waals surface area contributed by atoms with Crippen molar-refractivity contribution in [2.75, 3.05) is 0 Å². The number of sulfonamides is 1. The molecular formula is C9H20N2O3S. The molecule has 5 nitrogen and oxygen atoms in total. The van der Waals surface area contributed by atoms with Crippen LogP contribution in [-0.4, -0.2) is 25.6 Å². The molecule has 0 aromatic rings. The summed E-state index contributed by atoms with van der Waals surface area (Å²) >= 11 is 0. The van der Waals surface area contributed by atoms with E-state index in [1.54, 1.807) is 0 Å². The highest BCUT2D eigenvalue weighted by atomic mass is 32.2. The first kappa shape index (κ1) is 14.4. The van der Waals surface area contributed by atoms with Crippen molar-refractivity contribution in [2.24, 2.45) is 11.7 Å². The maximum absolute atomic E-state index is 11.4. The van der Waals surface area contributed by atoms with Gasteiger partial charge in [-0.1, -0.05) is 13.8 Å². The maximum atomic E-state index is 11.4. The summed E-state index contributed by atoms with van der Waals surface area (Å²) in [5, 5.41) is -0.632. The summed E-state index contributed by atoms with van der Waals surface area (Å²) in [6.45, 7) is 6.85. The molecule has 0 aliphatic heterocycles. The van der Waals surface area contributed by atoms with Crippen LogP contribution in [0.5, 0.6) is 0 Å². The molecule has 0 aromatic heterocycles. The summed E-state index contributed by atoms with van der Waals surface area (Å²) in [5.41, 5.74) is 5.55. The molecular weight excluding hydrogens is 216 g/mol. The Labute approximate surface area is 91.5 Å². The fourth-order valence-corrected chi connectivity index (χ4v) is 1.62. The van der Waals surface area contributed by atoms with E-state index < -0.39 is 27.2 Å². The topological polar surface area (TPSA) is 89.3 Å². The third-order valence-electron chi connectivity index (χ3n) is 1.93. The van der Waals surface area contributed by atoms with Crippen LogP contribution in [0.25, 0.3) is 0 Å². The van der Waals surface area contributed by atoms with E-state index in [1.165, 1.54) is 13.8 Å². The first-order chi connectivity index (χ1) is 6.66. The second-order valence-electron chi connectivity index (χ2n) is 4.30.